The summed E-state index contributed by atoms with van der Waals surface area (Å²) in [6.07, 6.45) is 0. The van der Waals surface area contributed by atoms with Crippen LogP contribution in [0.5, 0.6) is 17.2 Å². The van der Waals surface area contributed by atoms with Crippen LogP contribution >= 0.6 is 22.6 Å². The monoisotopic (exact) mass is 436 g/mol. The molecule has 0 saturated heterocycles. The van der Waals surface area contributed by atoms with Crippen molar-refractivity contribution in [1.82, 2.24) is 0 Å². The van der Waals surface area contributed by atoms with Crippen LogP contribution in [0.25, 0.3) is 0 Å². The summed E-state index contributed by atoms with van der Waals surface area (Å²) in [7, 11) is 3.18. The Morgan fingerprint density at radius 1 is 1.05 bits per heavy atom. The Morgan fingerprint density at radius 2 is 1.68 bits per heavy atom. The molecule has 2 aromatic rings. The third kappa shape index (κ3) is 3.16. The summed E-state index contributed by atoms with van der Waals surface area (Å²) >= 11 is 2.07. The number of phenolic OH excluding ortho intramolecular Hbond substituents is 1. The zero-order valence-corrected chi connectivity index (χ0v) is 14.4. The molecule has 0 radical (unpaired) electrons. The molecule has 0 aliphatic heterocycles. The molecule has 0 aliphatic carbocycles. The molecule has 100 valence electrons. The fourth-order valence-electron chi connectivity index (χ4n) is 1.59. The number of hydrogen-bond acceptors (Lipinski definition) is 3. The van der Waals surface area contributed by atoms with Crippen LogP contribution in [0.3, 0.4) is 0 Å². The minimum absolute atomic E-state index is 0.0110. The molecule has 19 heavy (non-hydrogen) atoms. The van der Waals surface area contributed by atoms with Crippen LogP contribution < -0.4 is 18.4 Å². The topological polar surface area (TPSA) is 38.7 Å². The van der Waals surface area contributed by atoms with Crippen molar-refractivity contribution in [2.75, 3.05) is 14.2 Å². The van der Waals surface area contributed by atoms with E-state index in [0.29, 0.717) is 15.1 Å². The van der Waals surface area contributed by atoms with E-state index in [2.05, 4.69) is 34.7 Å². The molecule has 3 nitrogen and oxygen atoms in total. The van der Waals surface area contributed by atoms with Gasteiger partial charge < -0.3 is 0 Å². The minimum atomic E-state index is -0.0110. The SMILES string of the molecule is COc1cc(OC)c([Se]c2ccccc2)c(O)c1I. The molecule has 0 heterocycles. The molecular weight excluding hydrogens is 422 g/mol. The zero-order valence-electron chi connectivity index (χ0n) is 10.5. The van der Waals surface area contributed by atoms with Gasteiger partial charge in [-0.05, 0) is 0 Å². The van der Waals surface area contributed by atoms with Crippen LogP contribution in [0.4, 0.5) is 0 Å². The third-order valence-electron chi connectivity index (χ3n) is 2.53. The summed E-state index contributed by atoms with van der Waals surface area (Å²) in [5.41, 5.74) is 0. The quantitative estimate of drug-likeness (QED) is 0.587. The number of aromatic hydroxyl groups is 1. The van der Waals surface area contributed by atoms with E-state index < -0.39 is 0 Å². The summed E-state index contributed by atoms with van der Waals surface area (Å²) in [4.78, 5) is 0. The Kier molecular flexibility index (Phi) is 4.96. The van der Waals surface area contributed by atoms with Crippen molar-refractivity contribution in [2.45, 2.75) is 0 Å². The second-order valence-corrected chi connectivity index (χ2v) is 7.04. The van der Waals surface area contributed by atoms with E-state index in [0.717, 1.165) is 4.46 Å². The molecule has 2 rings (SSSR count). The van der Waals surface area contributed by atoms with Crippen LogP contribution in [0.2, 0.25) is 0 Å². The van der Waals surface area contributed by atoms with Crippen molar-refractivity contribution >= 4 is 46.5 Å². The van der Waals surface area contributed by atoms with Gasteiger partial charge in [-0.1, -0.05) is 0 Å². The van der Waals surface area contributed by atoms with E-state index >= 15 is 0 Å². The van der Waals surface area contributed by atoms with E-state index in [9.17, 15) is 5.11 Å². The molecule has 0 saturated carbocycles. The maximum absolute atomic E-state index is 10.3. The first kappa shape index (κ1) is 14.5. The number of halogens is 1. The van der Waals surface area contributed by atoms with Gasteiger partial charge in [-0.3, -0.25) is 0 Å². The number of benzene rings is 2. The van der Waals surface area contributed by atoms with Crippen LogP contribution in [-0.4, -0.2) is 34.3 Å². The van der Waals surface area contributed by atoms with Gasteiger partial charge in [0, 0.05) is 0 Å². The van der Waals surface area contributed by atoms with Gasteiger partial charge >= 0.3 is 132 Å². The predicted octanol–water partition coefficient (Wildman–Crippen LogP) is 1.67. The van der Waals surface area contributed by atoms with Gasteiger partial charge in [0.25, 0.3) is 0 Å². The van der Waals surface area contributed by atoms with E-state index in [1.807, 2.05) is 24.3 Å². The number of rotatable bonds is 4. The second kappa shape index (κ2) is 6.50. The van der Waals surface area contributed by atoms with Crippen molar-refractivity contribution in [3.63, 3.8) is 0 Å². The van der Waals surface area contributed by atoms with Gasteiger partial charge in [0.2, 0.25) is 0 Å². The van der Waals surface area contributed by atoms with E-state index in [1.165, 1.54) is 4.46 Å². The fraction of sp³-hybridized carbons (Fsp3) is 0.143. The Balaban J connectivity index is 2.47. The van der Waals surface area contributed by atoms with E-state index in [4.69, 9.17) is 9.47 Å². The third-order valence-corrected chi connectivity index (χ3v) is 5.89. The van der Waals surface area contributed by atoms with Crippen molar-refractivity contribution < 1.29 is 14.6 Å². The van der Waals surface area contributed by atoms with Crippen LogP contribution in [0.1, 0.15) is 0 Å². The molecule has 0 spiro atoms. The van der Waals surface area contributed by atoms with Crippen molar-refractivity contribution in [3.8, 4) is 17.2 Å². The standard InChI is InChI=1S/C14H13IO3Se/c1-17-10-8-11(18-2)14(13(16)12(10)15)19-9-6-4-3-5-7-9/h3-8,16H,1-2H3. The van der Waals surface area contributed by atoms with Gasteiger partial charge in [-0.15, -0.1) is 0 Å². The molecular formula is C14H13IO3Se. The van der Waals surface area contributed by atoms with E-state index in [1.54, 1.807) is 14.2 Å². The molecule has 5 heteroatoms. The Hall–Kier alpha value is -0.911. The molecule has 2 aromatic carbocycles. The number of methoxy groups -OCH3 is 2. The van der Waals surface area contributed by atoms with Crippen LogP contribution in [-0.2, 0) is 0 Å². The Morgan fingerprint density at radius 3 is 2.26 bits per heavy atom. The Bertz CT molecular complexity index is 573. The van der Waals surface area contributed by atoms with Gasteiger partial charge in [0.1, 0.15) is 0 Å². The maximum atomic E-state index is 10.3. The second-order valence-electron chi connectivity index (χ2n) is 3.69. The summed E-state index contributed by atoms with van der Waals surface area (Å²) in [5.74, 6) is 1.54. The van der Waals surface area contributed by atoms with E-state index in [-0.39, 0.29) is 20.7 Å². The molecule has 0 aromatic heterocycles. The normalized spacial score (nSPS) is 10.3. The van der Waals surface area contributed by atoms with Crippen molar-refractivity contribution in [3.05, 3.63) is 40.0 Å². The van der Waals surface area contributed by atoms with Gasteiger partial charge in [0.15, 0.2) is 0 Å². The Labute approximate surface area is 132 Å². The molecule has 0 fully saturated rings. The zero-order chi connectivity index (χ0) is 13.8. The predicted molar refractivity (Wildman–Crippen MR) is 85.4 cm³/mol. The fourth-order valence-corrected chi connectivity index (χ4v) is 4.68. The van der Waals surface area contributed by atoms with Crippen LogP contribution in [0, 0.1) is 3.57 Å². The van der Waals surface area contributed by atoms with Crippen LogP contribution in [0.15, 0.2) is 36.4 Å². The summed E-state index contributed by atoms with van der Waals surface area (Å²) in [6.45, 7) is 0. The average molecular weight is 435 g/mol. The molecule has 1 N–H and O–H groups in total. The number of ether oxygens (including phenoxy) is 2. The summed E-state index contributed by atoms with van der Waals surface area (Å²) < 4.78 is 13.3. The summed E-state index contributed by atoms with van der Waals surface area (Å²) in [6, 6.07) is 11.9. The van der Waals surface area contributed by atoms with Crippen molar-refractivity contribution in [1.29, 1.82) is 0 Å². The first-order valence-corrected chi connectivity index (χ1v) is 8.33. The number of hydrogen-bond donors (Lipinski definition) is 1. The average Bonchev–Trinajstić information content (AvgIpc) is 2.45. The molecule has 0 aliphatic rings. The van der Waals surface area contributed by atoms with Gasteiger partial charge in [-0.2, -0.15) is 0 Å². The molecule has 0 bridgehead atoms. The van der Waals surface area contributed by atoms with Gasteiger partial charge in [-0.25, -0.2) is 0 Å². The molecule has 0 unspecified atom stereocenters. The summed E-state index contributed by atoms with van der Waals surface area (Å²) in [5, 5.41) is 10.3. The molecule has 0 atom stereocenters. The van der Waals surface area contributed by atoms with Crippen molar-refractivity contribution in [2.24, 2.45) is 0 Å². The first-order chi connectivity index (χ1) is 9.17. The number of phenols is 1. The molecule has 0 amide bonds. The van der Waals surface area contributed by atoms with Gasteiger partial charge in [0.05, 0.1) is 0 Å². The first-order valence-electron chi connectivity index (χ1n) is 5.53.